The molecule has 0 fully saturated rings. The molecule has 0 saturated heterocycles. The minimum atomic E-state index is -0.599. The van der Waals surface area contributed by atoms with Crippen LogP contribution in [0.15, 0.2) is 22.7 Å². The molecule has 0 aliphatic rings. The van der Waals surface area contributed by atoms with Crippen LogP contribution in [0.2, 0.25) is 0 Å². The van der Waals surface area contributed by atoms with Gasteiger partial charge in [-0.2, -0.15) is 0 Å². The molecular formula is C17H24N6O3S2. The van der Waals surface area contributed by atoms with E-state index in [0.29, 0.717) is 17.5 Å². The number of carbonyl (C=O) groups is 3. The van der Waals surface area contributed by atoms with E-state index in [9.17, 15) is 14.4 Å². The number of primary amides is 1. The van der Waals surface area contributed by atoms with E-state index in [4.69, 9.17) is 5.73 Å². The Kier molecular flexibility index (Phi) is 7.19. The number of urea groups is 1. The van der Waals surface area contributed by atoms with Crippen molar-refractivity contribution in [2.24, 2.45) is 5.73 Å². The van der Waals surface area contributed by atoms with Crippen molar-refractivity contribution in [3.05, 3.63) is 17.5 Å². The Morgan fingerprint density at radius 3 is 2.61 bits per heavy atom. The second-order valence-electron chi connectivity index (χ2n) is 7.10. The molecule has 2 heterocycles. The van der Waals surface area contributed by atoms with Crippen molar-refractivity contribution < 1.29 is 14.4 Å². The fourth-order valence-corrected chi connectivity index (χ4v) is 3.78. The highest BCUT2D eigenvalue weighted by atomic mass is 32.2. The number of thioether (sulfide) groups is 1. The van der Waals surface area contributed by atoms with Gasteiger partial charge in [0.05, 0.1) is 10.1 Å². The number of nitrogens with two attached hydrogens (primary N) is 1. The van der Waals surface area contributed by atoms with Gasteiger partial charge < -0.3 is 15.6 Å². The summed E-state index contributed by atoms with van der Waals surface area (Å²) in [6, 6.07) is 3.24. The predicted octanol–water partition coefficient (Wildman–Crippen LogP) is 1.99. The molecule has 1 atom stereocenters. The number of rotatable bonds is 7. The number of amides is 4. The topological polar surface area (TPSA) is 132 Å². The maximum absolute atomic E-state index is 12.3. The molecule has 0 bridgehead atoms. The number of carbonyl (C=O) groups excluding carboxylic acids is 3. The Bertz CT molecular complexity index is 842. The minimum Gasteiger partial charge on any atom is -0.370 e. The highest BCUT2D eigenvalue weighted by Crippen LogP contribution is 2.29. The summed E-state index contributed by atoms with van der Waals surface area (Å²) in [5, 5.41) is 15.1. The Morgan fingerprint density at radius 1 is 1.32 bits per heavy atom. The Labute approximate surface area is 171 Å². The van der Waals surface area contributed by atoms with Gasteiger partial charge in [-0.15, -0.1) is 21.5 Å². The minimum absolute atomic E-state index is 0.124. The smallest absolute Gasteiger partial charge is 0.321 e. The number of imide groups is 1. The van der Waals surface area contributed by atoms with Crippen molar-refractivity contribution in [3.8, 4) is 10.7 Å². The summed E-state index contributed by atoms with van der Waals surface area (Å²) in [5.74, 6) is -0.280. The van der Waals surface area contributed by atoms with E-state index in [2.05, 4.69) is 20.8 Å². The van der Waals surface area contributed by atoms with Crippen LogP contribution in [0.1, 0.15) is 34.1 Å². The average Bonchev–Trinajstić information content (AvgIpc) is 3.20. The summed E-state index contributed by atoms with van der Waals surface area (Å²) in [6.45, 7) is 7.44. The van der Waals surface area contributed by atoms with Crippen LogP contribution in [0.25, 0.3) is 10.7 Å². The number of aromatic nitrogens is 3. The zero-order valence-electron chi connectivity index (χ0n) is 16.2. The van der Waals surface area contributed by atoms with Gasteiger partial charge >= 0.3 is 6.03 Å². The van der Waals surface area contributed by atoms with Crippen molar-refractivity contribution >= 4 is 40.9 Å². The lowest BCUT2D eigenvalue weighted by molar-refractivity contribution is -0.119. The molecule has 2 rings (SSSR count). The van der Waals surface area contributed by atoms with Crippen LogP contribution in [-0.4, -0.2) is 43.4 Å². The fourth-order valence-electron chi connectivity index (χ4n) is 2.18. The van der Waals surface area contributed by atoms with Gasteiger partial charge in [0, 0.05) is 18.5 Å². The normalized spacial score (nSPS) is 12.4. The van der Waals surface area contributed by atoms with E-state index in [-0.39, 0.29) is 6.42 Å². The summed E-state index contributed by atoms with van der Waals surface area (Å²) >= 11 is 2.65. The van der Waals surface area contributed by atoms with Gasteiger partial charge in [0.2, 0.25) is 11.8 Å². The van der Waals surface area contributed by atoms with Gasteiger partial charge in [-0.05, 0) is 39.1 Å². The van der Waals surface area contributed by atoms with E-state index >= 15 is 0 Å². The molecule has 9 nitrogen and oxygen atoms in total. The molecule has 28 heavy (non-hydrogen) atoms. The summed E-state index contributed by atoms with van der Waals surface area (Å²) in [5.41, 5.74) is 4.82. The van der Waals surface area contributed by atoms with Gasteiger partial charge in [-0.3, -0.25) is 14.9 Å². The Hall–Kier alpha value is -2.40. The maximum atomic E-state index is 12.3. The largest absolute Gasteiger partial charge is 0.370 e. The Morgan fingerprint density at radius 2 is 2.04 bits per heavy atom. The molecule has 1 unspecified atom stereocenters. The van der Waals surface area contributed by atoms with E-state index < -0.39 is 28.6 Å². The molecule has 152 valence electrons. The lowest BCUT2D eigenvalue weighted by Gasteiger charge is -2.21. The lowest BCUT2D eigenvalue weighted by atomic mass is 10.1. The Balaban J connectivity index is 2.12. The summed E-state index contributed by atoms with van der Waals surface area (Å²) in [6.07, 6.45) is 0.124. The molecule has 0 aliphatic heterocycles. The van der Waals surface area contributed by atoms with E-state index in [1.807, 2.05) is 38.3 Å². The first kappa shape index (κ1) is 21.9. The highest BCUT2D eigenvalue weighted by molar-refractivity contribution is 8.00. The van der Waals surface area contributed by atoms with Crippen molar-refractivity contribution in [3.63, 3.8) is 0 Å². The molecule has 0 saturated carbocycles. The van der Waals surface area contributed by atoms with E-state index in [1.54, 1.807) is 11.5 Å². The number of nitrogens with zero attached hydrogens (tertiary/aromatic N) is 3. The monoisotopic (exact) mass is 424 g/mol. The second kappa shape index (κ2) is 9.20. The summed E-state index contributed by atoms with van der Waals surface area (Å²) in [7, 11) is 0. The molecule has 0 spiro atoms. The van der Waals surface area contributed by atoms with Crippen LogP contribution in [0, 0.1) is 0 Å². The first-order chi connectivity index (χ1) is 13.1. The lowest BCUT2D eigenvalue weighted by Crippen LogP contribution is -2.49. The average molecular weight is 425 g/mol. The predicted molar refractivity (Wildman–Crippen MR) is 109 cm³/mol. The summed E-state index contributed by atoms with van der Waals surface area (Å²) in [4.78, 5) is 36.3. The standard InChI is InChI=1S/C17H24N6O3S2/c1-10(14(25)19-15(26)20-17(2,3)4)28-16-22-21-13(11-6-5-9-27-11)23(16)8-7-12(18)24/h5-6,9-10H,7-8H2,1-4H3,(H2,18,24)(H2,19,20,25,26). The van der Waals surface area contributed by atoms with Crippen LogP contribution in [0.5, 0.6) is 0 Å². The van der Waals surface area contributed by atoms with Gasteiger partial charge in [-0.1, -0.05) is 17.8 Å². The van der Waals surface area contributed by atoms with Crippen molar-refractivity contribution in [2.45, 2.75) is 56.6 Å². The molecule has 2 aromatic heterocycles. The van der Waals surface area contributed by atoms with Gasteiger partial charge in [0.25, 0.3) is 0 Å². The van der Waals surface area contributed by atoms with Crippen molar-refractivity contribution in [2.75, 3.05) is 0 Å². The SMILES string of the molecule is CC(Sc1nnc(-c2cccs2)n1CCC(N)=O)C(=O)NC(=O)NC(C)(C)C. The van der Waals surface area contributed by atoms with Gasteiger partial charge in [0.1, 0.15) is 0 Å². The molecule has 0 aromatic carbocycles. The van der Waals surface area contributed by atoms with Crippen LogP contribution in [-0.2, 0) is 16.1 Å². The van der Waals surface area contributed by atoms with Crippen molar-refractivity contribution in [1.29, 1.82) is 0 Å². The van der Waals surface area contributed by atoms with Crippen LogP contribution < -0.4 is 16.4 Å². The molecule has 11 heteroatoms. The first-order valence-electron chi connectivity index (χ1n) is 8.62. The maximum Gasteiger partial charge on any atom is 0.321 e. The molecular weight excluding hydrogens is 400 g/mol. The zero-order valence-corrected chi connectivity index (χ0v) is 17.8. The van der Waals surface area contributed by atoms with Crippen LogP contribution in [0.3, 0.4) is 0 Å². The first-order valence-corrected chi connectivity index (χ1v) is 10.4. The quantitative estimate of drug-likeness (QED) is 0.582. The summed E-state index contributed by atoms with van der Waals surface area (Å²) < 4.78 is 1.76. The molecule has 4 amide bonds. The number of nitrogens with one attached hydrogen (secondary N) is 2. The third-order valence-corrected chi connectivity index (χ3v) is 5.36. The highest BCUT2D eigenvalue weighted by Gasteiger charge is 2.23. The van der Waals surface area contributed by atoms with Crippen LogP contribution >= 0.6 is 23.1 Å². The molecule has 0 aliphatic carbocycles. The van der Waals surface area contributed by atoms with Crippen LogP contribution in [0.4, 0.5) is 4.79 Å². The van der Waals surface area contributed by atoms with Gasteiger partial charge in [0.15, 0.2) is 11.0 Å². The molecule has 2 aromatic rings. The zero-order chi connectivity index (χ0) is 20.9. The van der Waals surface area contributed by atoms with E-state index in [0.717, 1.165) is 16.6 Å². The molecule has 0 radical (unpaired) electrons. The number of thiophene rings is 1. The second-order valence-corrected chi connectivity index (χ2v) is 9.36. The third kappa shape index (κ3) is 6.34. The van der Waals surface area contributed by atoms with E-state index in [1.165, 1.54) is 11.3 Å². The molecule has 4 N–H and O–H groups in total. The number of hydrogen-bond donors (Lipinski definition) is 3. The van der Waals surface area contributed by atoms with Crippen molar-refractivity contribution in [1.82, 2.24) is 25.4 Å². The van der Waals surface area contributed by atoms with Gasteiger partial charge in [-0.25, -0.2) is 4.79 Å². The number of hydrogen-bond acceptors (Lipinski definition) is 7. The fraction of sp³-hybridized carbons (Fsp3) is 0.471. The third-order valence-electron chi connectivity index (χ3n) is 3.42.